The first kappa shape index (κ1) is 13.6. The molecule has 1 aromatic rings. The number of H-pyrrole nitrogens is 1. The lowest BCUT2D eigenvalue weighted by atomic mass is 10.4. The van der Waals surface area contributed by atoms with Crippen LogP contribution in [-0.2, 0) is 9.53 Å². The van der Waals surface area contributed by atoms with E-state index >= 15 is 0 Å². The molecule has 0 saturated heterocycles. The molecule has 18 heavy (non-hydrogen) atoms. The van der Waals surface area contributed by atoms with Crippen LogP contribution in [0.25, 0.3) is 0 Å². The Balaban J connectivity index is 2.36. The van der Waals surface area contributed by atoms with Crippen LogP contribution in [0, 0.1) is 0 Å². The number of amides is 1. The van der Waals surface area contributed by atoms with Crippen molar-refractivity contribution in [1.82, 2.24) is 15.3 Å². The highest BCUT2D eigenvalue weighted by Gasteiger charge is 2.06. The Morgan fingerprint density at radius 1 is 1.56 bits per heavy atom. The maximum atomic E-state index is 11.5. The number of hydrogen-bond acceptors (Lipinski definition) is 5. The third-order valence-corrected chi connectivity index (χ3v) is 1.89. The summed E-state index contributed by atoms with van der Waals surface area (Å²) < 4.78 is 4.78. The van der Waals surface area contributed by atoms with Gasteiger partial charge in [-0.25, -0.2) is 14.6 Å². The molecular formula is C11H13N3O4. The summed E-state index contributed by atoms with van der Waals surface area (Å²) in [7, 11) is 0. The summed E-state index contributed by atoms with van der Waals surface area (Å²) in [6.07, 6.45) is 1.23. The molecule has 7 heteroatoms. The molecule has 0 atom stereocenters. The van der Waals surface area contributed by atoms with Crippen molar-refractivity contribution in [2.75, 3.05) is 13.2 Å². The van der Waals surface area contributed by atoms with E-state index in [0.29, 0.717) is 5.57 Å². The smallest absolute Gasteiger partial charge is 0.345 e. The maximum Gasteiger partial charge on any atom is 0.345 e. The summed E-state index contributed by atoms with van der Waals surface area (Å²) in [6.45, 7) is 5.12. The van der Waals surface area contributed by atoms with Gasteiger partial charge in [0, 0.05) is 11.8 Å². The molecule has 96 valence electrons. The minimum absolute atomic E-state index is 0.0345. The van der Waals surface area contributed by atoms with Crippen LogP contribution in [0.5, 0.6) is 0 Å². The van der Waals surface area contributed by atoms with Crippen LogP contribution in [0.3, 0.4) is 0 Å². The van der Waals surface area contributed by atoms with E-state index in [0.717, 1.165) is 0 Å². The van der Waals surface area contributed by atoms with Crippen LogP contribution in [0.15, 0.2) is 29.2 Å². The Hall–Kier alpha value is -2.44. The van der Waals surface area contributed by atoms with E-state index in [-0.39, 0.29) is 18.8 Å². The van der Waals surface area contributed by atoms with Gasteiger partial charge in [-0.05, 0) is 13.0 Å². The van der Waals surface area contributed by atoms with Crippen molar-refractivity contribution in [3.8, 4) is 0 Å². The zero-order valence-corrected chi connectivity index (χ0v) is 9.86. The molecule has 0 fully saturated rings. The minimum atomic E-state index is -0.601. The first-order valence-electron chi connectivity index (χ1n) is 5.17. The maximum absolute atomic E-state index is 11.5. The van der Waals surface area contributed by atoms with Crippen LogP contribution in [0.4, 0.5) is 0 Å². The number of carbonyl (C=O) groups excluding carboxylic acids is 2. The molecule has 1 amide bonds. The summed E-state index contributed by atoms with van der Waals surface area (Å²) in [5.74, 6) is -0.984. The zero-order chi connectivity index (χ0) is 13.5. The van der Waals surface area contributed by atoms with Crippen molar-refractivity contribution in [1.29, 1.82) is 0 Å². The fraction of sp³-hybridized carbons (Fsp3) is 0.273. The van der Waals surface area contributed by atoms with Gasteiger partial charge in [0.15, 0.2) is 0 Å². The first-order valence-corrected chi connectivity index (χ1v) is 5.17. The Bertz CT molecular complexity index is 521. The Morgan fingerprint density at radius 2 is 2.28 bits per heavy atom. The van der Waals surface area contributed by atoms with Gasteiger partial charge < -0.3 is 15.0 Å². The number of rotatable bonds is 5. The third-order valence-electron chi connectivity index (χ3n) is 1.89. The second-order valence-electron chi connectivity index (χ2n) is 3.46. The van der Waals surface area contributed by atoms with Crippen molar-refractivity contribution in [2.45, 2.75) is 6.92 Å². The third kappa shape index (κ3) is 4.20. The lowest BCUT2D eigenvalue weighted by Gasteiger charge is -2.06. The predicted molar refractivity (Wildman–Crippen MR) is 63.0 cm³/mol. The topological polar surface area (TPSA) is 101 Å². The molecule has 0 aliphatic rings. The van der Waals surface area contributed by atoms with Crippen molar-refractivity contribution in [3.63, 3.8) is 0 Å². The number of carbonyl (C=O) groups is 2. The number of nitrogens with one attached hydrogen (secondary N) is 2. The molecule has 1 heterocycles. The van der Waals surface area contributed by atoms with Gasteiger partial charge in [-0.3, -0.25) is 4.79 Å². The average Bonchev–Trinajstić information content (AvgIpc) is 2.33. The minimum Gasteiger partial charge on any atom is -0.460 e. The molecule has 2 N–H and O–H groups in total. The van der Waals surface area contributed by atoms with Crippen molar-refractivity contribution in [3.05, 3.63) is 40.6 Å². The predicted octanol–water partition coefficient (Wildman–Crippen LogP) is -0.381. The van der Waals surface area contributed by atoms with E-state index < -0.39 is 17.6 Å². The number of aromatic amines is 1. The second kappa shape index (κ2) is 6.33. The summed E-state index contributed by atoms with van der Waals surface area (Å²) in [5.41, 5.74) is -0.211. The van der Waals surface area contributed by atoms with Gasteiger partial charge in [0.2, 0.25) is 0 Å². The molecule has 0 spiro atoms. The summed E-state index contributed by atoms with van der Waals surface area (Å²) >= 11 is 0. The quantitative estimate of drug-likeness (QED) is 0.422. The normalized spacial score (nSPS) is 9.61. The van der Waals surface area contributed by atoms with Crippen molar-refractivity contribution >= 4 is 11.9 Å². The number of hydrogen-bond donors (Lipinski definition) is 2. The lowest BCUT2D eigenvalue weighted by molar-refractivity contribution is -0.138. The van der Waals surface area contributed by atoms with Gasteiger partial charge in [0.05, 0.1) is 6.54 Å². The van der Waals surface area contributed by atoms with Crippen LogP contribution in [0.1, 0.15) is 17.4 Å². The Labute approximate surface area is 103 Å². The zero-order valence-electron chi connectivity index (χ0n) is 9.86. The van der Waals surface area contributed by atoms with Gasteiger partial charge in [-0.15, -0.1) is 0 Å². The van der Waals surface area contributed by atoms with Crippen LogP contribution < -0.4 is 11.0 Å². The van der Waals surface area contributed by atoms with E-state index in [4.69, 9.17) is 4.74 Å². The van der Waals surface area contributed by atoms with Gasteiger partial charge >= 0.3 is 11.7 Å². The monoisotopic (exact) mass is 251 g/mol. The summed E-state index contributed by atoms with van der Waals surface area (Å²) in [5, 5.41) is 2.48. The summed E-state index contributed by atoms with van der Waals surface area (Å²) in [6, 6.07) is 1.37. The SMILES string of the molecule is C=C(C)C(=O)OCCNC(=O)c1ccnc(=O)[nH]1. The highest BCUT2D eigenvalue weighted by atomic mass is 16.5. The largest absolute Gasteiger partial charge is 0.460 e. The Morgan fingerprint density at radius 3 is 2.89 bits per heavy atom. The van der Waals surface area contributed by atoms with E-state index in [1.54, 1.807) is 0 Å². The highest BCUT2D eigenvalue weighted by molar-refractivity contribution is 5.92. The molecule has 0 saturated carbocycles. The molecule has 0 aromatic carbocycles. The molecular weight excluding hydrogens is 238 g/mol. The molecule has 7 nitrogen and oxygen atoms in total. The Kier molecular flexibility index (Phi) is 4.79. The molecule has 0 bridgehead atoms. The van der Waals surface area contributed by atoms with E-state index in [1.807, 2.05) is 0 Å². The highest BCUT2D eigenvalue weighted by Crippen LogP contribution is 1.91. The standard InChI is InChI=1S/C11H13N3O4/c1-7(2)10(16)18-6-5-12-9(15)8-3-4-13-11(17)14-8/h3-4H,1,5-6H2,2H3,(H,12,15)(H,13,14,17). The van der Waals surface area contributed by atoms with Crippen molar-refractivity contribution in [2.24, 2.45) is 0 Å². The fourth-order valence-corrected chi connectivity index (χ4v) is 1.03. The van der Waals surface area contributed by atoms with Crippen molar-refractivity contribution < 1.29 is 14.3 Å². The molecule has 1 rings (SSSR count). The van der Waals surface area contributed by atoms with Gasteiger partial charge in [0.1, 0.15) is 12.3 Å². The molecule has 1 aromatic heterocycles. The number of esters is 1. The first-order chi connectivity index (χ1) is 8.50. The number of ether oxygens (including phenoxy) is 1. The lowest BCUT2D eigenvalue weighted by Crippen LogP contribution is -2.30. The van der Waals surface area contributed by atoms with E-state index in [9.17, 15) is 14.4 Å². The molecule has 0 aliphatic carbocycles. The van der Waals surface area contributed by atoms with Crippen LogP contribution in [-0.4, -0.2) is 35.0 Å². The molecule has 0 radical (unpaired) electrons. The summed E-state index contributed by atoms with van der Waals surface area (Å²) in [4.78, 5) is 39.0. The van der Waals surface area contributed by atoms with E-state index in [2.05, 4.69) is 21.9 Å². The second-order valence-corrected chi connectivity index (χ2v) is 3.46. The van der Waals surface area contributed by atoms with Gasteiger partial charge in [-0.2, -0.15) is 0 Å². The molecule has 0 aliphatic heterocycles. The van der Waals surface area contributed by atoms with Crippen LogP contribution in [0.2, 0.25) is 0 Å². The van der Waals surface area contributed by atoms with E-state index in [1.165, 1.54) is 19.2 Å². The van der Waals surface area contributed by atoms with Gasteiger partial charge in [-0.1, -0.05) is 6.58 Å². The number of nitrogens with zero attached hydrogens (tertiary/aromatic N) is 1. The average molecular weight is 251 g/mol. The number of aromatic nitrogens is 2. The van der Waals surface area contributed by atoms with Crippen LogP contribution >= 0.6 is 0 Å². The molecule has 0 unspecified atom stereocenters. The fourth-order valence-electron chi connectivity index (χ4n) is 1.03. The van der Waals surface area contributed by atoms with Gasteiger partial charge in [0.25, 0.3) is 5.91 Å².